The van der Waals surface area contributed by atoms with Crippen molar-refractivity contribution in [2.45, 2.75) is 38.6 Å². The maximum atomic E-state index is 5.72. The highest BCUT2D eigenvalue weighted by Gasteiger charge is 2.14. The van der Waals surface area contributed by atoms with Gasteiger partial charge in [-0.1, -0.05) is 6.07 Å². The average Bonchev–Trinajstić information content (AvgIpc) is 2.87. The Morgan fingerprint density at radius 3 is 3.05 bits per heavy atom. The van der Waals surface area contributed by atoms with E-state index in [9.17, 15) is 0 Å². The molecular weight excluding hydrogens is 250 g/mol. The van der Waals surface area contributed by atoms with Crippen molar-refractivity contribution in [2.24, 2.45) is 0 Å². The van der Waals surface area contributed by atoms with E-state index in [1.54, 1.807) is 0 Å². The molecule has 106 valence electrons. The fraction of sp³-hybridized carbons (Fsp3) is 0.438. The number of benzene rings is 1. The standard InChI is InChI=1S/C16H21N3O/c17-13-5-3-6-14(11-13)20-10-4-9-19-12-18-15-7-1-2-8-16(15)19/h3,5-6,11-12H,1-2,4,7-10,17H2. The number of aromatic nitrogens is 2. The first-order chi connectivity index (χ1) is 9.83. The van der Waals surface area contributed by atoms with Gasteiger partial charge >= 0.3 is 0 Å². The lowest BCUT2D eigenvalue weighted by Crippen LogP contribution is -2.10. The molecule has 3 rings (SSSR count). The molecule has 2 aromatic rings. The molecule has 1 heterocycles. The summed E-state index contributed by atoms with van der Waals surface area (Å²) >= 11 is 0. The van der Waals surface area contributed by atoms with E-state index in [0.29, 0.717) is 6.61 Å². The third kappa shape index (κ3) is 2.95. The van der Waals surface area contributed by atoms with E-state index in [0.717, 1.165) is 30.8 Å². The molecule has 4 nitrogen and oxygen atoms in total. The van der Waals surface area contributed by atoms with Crippen molar-refractivity contribution >= 4 is 5.69 Å². The smallest absolute Gasteiger partial charge is 0.121 e. The third-order valence-electron chi connectivity index (χ3n) is 3.78. The van der Waals surface area contributed by atoms with Crippen molar-refractivity contribution in [3.05, 3.63) is 42.0 Å². The molecule has 0 saturated heterocycles. The molecule has 1 aromatic heterocycles. The minimum atomic E-state index is 0.705. The molecular formula is C16H21N3O. The number of fused-ring (bicyclic) bond motifs is 1. The fourth-order valence-corrected chi connectivity index (χ4v) is 2.75. The molecule has 1 aliphatic rings. The molecule has 0 atom stereocenters. The van der Waals surface area contributed by atoms with Gasteiger partial charge in [-0.05, 0) is 44.2 Å². The highest BCUT2D eigenvalue weighted by molar-refractivity contribution is 5.43. The van der Waals surface area contributed by atoms with E-state index in [2.05, 4.69) is 9.55 Å². The van der Waals surface area contributed by atoms with Gasteiger partial charge in [-0.3, -0.25) is 0 Å². The zero-order valence-electron chi connectivity index (χ0n) is 11.7. The first-order valence-electron chi connectivity index (χ1n) is 7.34. The number of nitrogens with zero attached hydrogens (tertiary/aromatic N) is 2. The molecule has 0 unspecified atom stereocenters. The highest BCUT2D eigenvalue weighted by Crippen LogP contribution is 2.20. The number of rotatable bonds is 5. The van der Waals surface area contributed by atoms with Crippen LogP contribution in [0.1, 0.15) is 30.7 Å². The molecule has 0 radical (unpaired) electrons. The summed E-state index contributed by atoms with van der Waals surface area (Å²) in [4.78, 5) is 4.51. The lowest BCUT2D eigenvalue weighted by molar-refractivity contribution is 0.301. The summed E-state index contributed by atoms with van der Waals surface area (Å²) in [5, 5.41) is 0. The van der Waals surface area contributed by atoms with Crippen molar-refractivity contribution in [1.82, 2.24) is 9.55 Å². The first kappa shape index (κ1) is 13.0. The third-order valence-corrected chi connectivity index (χ3v) is 3.78. The van der Waals surface area contributed by atoms with Crippen LogP contribution >= 0.6 is 0 Å². The van der Waals surface area contributed by atoms with E-state index >= 15 is 0 Å². The quantitative estimate of drug-likeness (QED) is 0.672. The molecule has 4 heteroatoms. The Hall–Kier alpha value is -1.97. The van der Waals surface area contributed by atoms with Crippen LogP contribution in [0.2, 0.25) is 0 Å². The van der Waals surface area contributed by atoms with Gasteiger partial charge in [0.05, 0.1) is 18.6 Å². The average molecular weight is 271 g/mol. The summed E-state index contributed by atoms with van der Waals surface area (Å²) in [6.45, 7) is 1.68. The fourth-order valence-electron chi connectivity index (χ4n) is 2.75. The van der Waals surface area contributed by atoms with Crippen LogP contribution < -0.4 is 10.5 Å². The number of nitrogens with two attached hydrogens (primary N) is 1. The van der Waals surface area contributed by atoms with Crippen LogP contribution in [0.3, 0.4) is 0 Å². The number of aryl methyl sites for hydroxylation is 2. The highest BCUT2D eigenvalue weighted by atomic mass is 16.5. The van der Waals surface area contributed by atoms with Crippen molar-refractivity contribution in [3.8, 4) is 5.75 Å². The van der Waals surface area contributed by atoms with Gasteiger partial charge in [0.25, 0.3) is 0 Å². The maximum Gasteiger partial charge on any atom is 0.121 e. The van der Waals surface area contributed by atoms with Gasteiger partial charge in [0.15, 0.2) is 0 Å². The van der Waals surface area contributed by atoms with Crippen LogP contribution in [0.15, 0.2) is 30.6 Å². The van der Waals surface area contributed by atoms with Crippen molar-refractivity contribution in [3.63, 3.8) is 0 Å². The van der Waals surface area contributed by atoms with E-state index in [-0.39, 0.29) is 0 Å². The van der Waals surface area contributed by atoms with Gasteiger partial charge in [-0.15, -0.1) is 0 Å². The Balaban J connectivity index is 1.49. The summed E-state index contributed by atoms with van der Waals surface area (Å²) in [5.74, 6) is 0.845. The van der Waals surface area contributed by atoms with Crippen LogP contribution in [0, 0.1) is 0 Å². The molecule has 0 saturated carbocycles. The van der Waals surface area contributed by atoms with E-state index < -0.39 is 0 Å². The van der Waals surface area contributed by atoms with Crippen LogP contribution in [0.25, 0.3) is 0 Å². The Bertz CT molecular complexity index is 577. The zero-order valence-corrected chi connectivity index (χ0v) is 11.7. The number of anilines is 1. The molecule has 0 aliphatic heterocycles. The Morgan fingerprint density at radius 2 is 2.15 bits per heavy atom. The molecule has 1 aromatic carbocycles. The lowest BCUT2D eigenvalue weighted by Gasteiger charge is -2.14. The Labute approximate surface area is 119 Å². The summed E-state index contributed by atoms with van der Waals surface area (Å²) in [6, 6.07) is 7.58. The minimum absolute atomic E-state index is 0.705. The van der Waals surface area contributed by atoms with Gasteiger partial charge in [0.1, 0.15) is 5.75 Å². The molecule has 0 fully saturated rings. The van der Waals surface area contributed by atoms with E-state index in [1.165, 1.54) is 30.7 Å². The molecule has 2 N–H and O–H groups in total. The van der Waals surface area contributed by atoms with Gasteiger partial charge in [0.2, 0.25) is 0 Å². The summed E-state index contributed by atoms with van der Waals surface area (Å²) in [6.07, 6.45) is 7.85. The SMILES string of the molecule is Nc1cccc(OCCCn2cnc3c2CCCC3)c1. The number of imidazole rings is 1. The summed E-state index contributed by atoms with van der Waals surface area (Å²) in [7, 11) is 0. The van der Waals surface area contributed by atoms with Crippen LogP contribution in [-0.4, -0.2) is 16.2 Å². The van der Waals surface area contributed by atoms with Gasteiger partial charge in [-0.2, -0.15) is 0 Å². The molecule has 0 bridgehead atoms. The monoisotopic (exact) mass is 271 g/mol. The normalized spacial score (nSPS) is 14.0. The summed E-state index contributed by atoms with van der Waals surface area (Å²) in [5.41, 5.74) is 9.20. The number of hydrogen-bond donors (Lipinski definition) is 1. The van der Waals surface area contributed by atoms with Gasteiger partial charge < -0.3 is 15.0 Å². The molecule has 0 amide bonds. The van der Waals surface area contributed by atoms with Gasteiger partial charge in [-0.25, -0.2) is 4.98 Å². The minimum Gasteiger partial charge on any atom is -0.493 e. The predicted octanol–water partition coefficient (Wildman–Crippen LogP) is 2.81. The second-order valence-electron chi connectivity index (χ2n) is 5.31. The first-order valence-corrected chi connectivity index (χ1v) is 7.34. The van der Waals surface area contributed by atoms with Crippen molar-refractivity contribution < 1.29 is 4.74 Å². The molecule has 0 spiro atoms. The Morgan fingerprint density at radius 1 is 1.25 bits per heavy atom. The van der Waals surface area contributed by atoms with Crippen LogP contribution in [-0.2, 0) is 19.4 Å². The van der Waals surface area contributed by atoms with Crippen LogP contribution in [0.5, 0.6) is 5.75 Å². The second-order valence-corrected chi connectivity index (χ2v) is 5.31. The number of nitrogen functional groups attached to an aromatic ring is 1. The topological polar surface area (TPSA) is 53.1 Å². The summed E-state index contributed by atoms with van der Waals surface area (Å²) < 4.78 is 8.00. The largest absolute Gasteiger partial charge is 0.493 e. The Kier molecular flexibility index (Phi) is 3.90. The van der Waals surface area contributed by atoms with E-state index in [1.807, 2.05) is 30.6 Å². The molecule has 1 aliphatic carbocycles. The number of hydrogen-bond acceptors (Lipinski definition) is 3. The second kappa shape index (κ2) is 5.99. The molecule has 20 heavy (non-hydrogen) atoms. The maximum absolute atomic E-state index is 5.72. The van der Waals surface area contributed by atoms with Crippen LogP contribution in [0.4, 0.5) is 5.69 Å². The van der Waals surface area contributed by atoms with Crippen molar-refractivity contribution in [1.29, 1.82) is 0 Å². The van der Waals surface area contributed by atoms with E-state index in [4.69, 9.17) is 10.5 Å². The van der Waals surface area contributed by atoms with Gasteiger partial charge in [0, 0.05) is 24.0 Å². The van der Waals surface area contributed by atoms with Crippen molar-refractivity contribution in [2.75, 3.05) is 12.3 Å². The lowest BCUT2D eigenvalue weighted by atomic mass is 10.0. The predicted molar refractivity (Wildman–Crippen MR) is 79.8 cm³/mol. The zero-order chi connectivity index (χ0) is 13.8. The number of ether oxygens (including phenoxy) is 1.